The first-order valence-electron chi connectivity index (χ1n) is 13.6. The molecule has 0 unspecified atom stereocenters. The molecule has 3 aliphatic heterocycles. The van der Waals surface area contributed by atoms with Gasteiger partial charge in [0.1, 0.15) is 23.7 Å². The predicted molar refractivity (Wildman–Crippen MR) is 149 cm³/mol. The number of pyridine rings is 1. The molecule has 1 aliphatic carbocycles. The largest absolute Gasteiger partial charge is 0.381 e. The average molecular weight is 536 g/mol. The molecule has 3 aromatic rings. The van der Waals surface area contributed by atoms with E-state index >= 15 is 0 Å². The van der Waals surface area contributed by atoms with Crippen LogP contribution in [0.15, 0.2) is 65.8 Å². The number of rotatable bonds is 4. The van der Waals surface area contributed by atoms with Crippen LogP contribution < -0.4 is 10.6 Å². The molecule has 3 amide bonds. The van der Waals surface area contributed by atoms with Gasteiger partial charge in [-0.05, 0) is 54.7 Å². The van der Waals surface area contributed by atoms with Crippen molar-refractivity contribution in [2.24, 2.45) is 4.99 Å². The molecule has 4 aliphatic rings. The molecular formula is C31H29N5O4. The summed E-state index contributed by atoms with van der Waals surface area (Å²) in [5.41, 5.74) is 3.92. The molecule has 4 heterocycles. The number of carbonyl (C=O) groups is 3. The molecule has 9 heteroatoms. The van der Waals surface area contributed by atoms with E-state index in [1.807, 2.05) is 61.5 Å². The number of amidine groups is 1. The van der Waals surface area contributed by atoms with E-state index in [0.29, 0.717) is 56.2 Å². The number of nitrogens with one attached hydrogen (secondary N) is 2. The maximum absolute atomic E-state index is 13.7. The normalized spacial score (nSPS) is 22.3. The van der Waals surface area contributed by atoms with Gasteiger partial charge in [-0.2, -0.15) is 0 Å². The lowest BCUT2D eigenvalue weighted by Gasteiger charge is -2.29. The molecule has 9 nitrogen and oxygen atoms in total. The molecule has 1 aromatic heterocycles. The van der Waals surface area contributed by atoms with Crippen LogP contribution in [0.5, 0.6) is 0 Å². The van der Waals surface area contributed by atoms with E-state index in [0.717, 1.165) is 27.8 Å². The number of hydrogen-bond acceptors (Lipinski definition) is 6. The molecular weight excluding hydrogens is 506 g/mol. The molecule has 202 valence electrons. The molecule has 0 bridgehead atoms. The highest BCUT2D eigenvalue weighted by molar-refractivity contribution is 6.17. The van der Waals surface area contributed by atoms with Crippen LogP contribution in [0, 0.1) is 6.92 Å². The van der Waals surface area contributed by atoms with E-state index in [4.69, 9.17) is 9.73 Å². The van der Waals surface area contributed by atoms with Crippen LogP contribution in [0.3, 0.4) is 0 Å². The fourth-order valence-electron chi connectivity index (χ4n) is 6.56. The van der Waals surface area contributed by atoms with Crippen molar-refractivity contribution < 1.29 is 19.1 Å². The maximum atomic E-state index is 13.7. The van der Waals surface area contributed by atoms with Crippen LogP contribution in [0.2, 0.25) is 0 Å². The topological polar surface area (TPSA) is 113 Å². The van der Waals surface area contributed by atoms with Crippen molar-refractivity contribution in [1.82, 2.24) is 9.88 Å². The Morgan fingerprint density at radius 3 is 2.67 bits per heavy atom. The Morgan fingerprint density at radius 1 is 1.05 bits per heavy atom. The highest BCUT2D eigenvalue weighted by Crippen LogP contribution is 2.47. The minimum atomic E-state index is -0.884. The summed E-state index contributed by atoms with van der Waals surface area (Å²) in [4.78, 5) is 50.9. The van der Waals surface area contributed by atoms with Crippen molar-refractivity contribution in [2.75, 3.05) is 30.4 Å². The third-order valence-corrected chi connectivity index (χ3v) is 8.69. The monoisotopic (exact) mass is 535 g/mol. The van der Waals surface area contributed by atoms with E-state index in [9.17, 15) is 14.4 Å². The Labute approximate surface area is 231 Å². The second-order valence-corrected chi connectivity index (χ2v) is 11.1. The number of ether oxygens (including phenoxy) is 1. The molecule has 2 spiro atoms. The van der Waals surface area contributed by atoms with Crippen molar-refractivity contribution in [3.63, 3.8) is 0 Å². The van der Waals surface area contributed by atoms with Crippen molar-refractivity contribution in [2.45, 2.75) is 43.6 Å². The summed E-state index contributed by atoms with van der Waals surface area (Å²) in [6.45, 7) is 2.76. The number of fused-ring (bicyclic) bond motifs is 3. The smallest absolute Gasteiger partial charge is 0.256 e. The molecule has 1 saturated heterocycles. The molecule has 2 N–H and O–H groups in total. The van der Waals surface area contributed by atoms with E-state index in [1.165, 1.54) is 4.90 Å². The van der Waals surface area contributed by atoms with E-state index < -0.39 is 11.0 Å². The van der Waals surface area contributed by atoms with Crippen molar-refractivity contribution in [1.29, 1.82) is 0 Å². The lowest BCUT2D eigenvalue weighted by molar-refractivity contribution is -0.136. The molecule has 40 heavy (non-hydrogen) atoms. The number of carbonyl (C=O) groups excluding carboxylic acids is 3. The molecule has 2 aromatic carbocycles. The number of aliphatic imine (C=N–C) groups is 1. The van der Waals surface area contributed by atoms with Gasteiger partial charge in [0, 0.05) is 49.1 Å². The Bertz CT molecular complexity index is 1610. The minimum absolute atomic E-state index is 0.0411. The zero-order valence-electron chi connectivity index (χ0n) is 22.2. The number of aromatic nitrogens is 1. The Hall–Kier alpha value is -4.37. The summed E-state index contributed by atoms with van der Waals surface area (Å²) < 4.78 is 5.51. The molecule has 1 fully saturated rings. The van der Waals surface area contributed by atoms with Crippen molar-refractivity contribution in [3.8, 4) is 0 Å². The maximum Gasteiger partial charge on any atom is 0.256 e. The fraction of sp³-hybridized carbons (Fsp3) is 0.323. The van der Waals surface area contributed by atoms with Gasteiger partial charge in [0.2, 0.25) is 11.8 Å². The first-order valence-corrected chi connectivity index (χ1v) is 13.6. The summed E-state index contributed by atoms with van der Waals surface area (Å²) in [6, 6.07) is 17.4. The van der Waals surface area contributed by atoms with Crippen LogP contribution in [0.1, 0.15) is 40.7 Å². The number of hydrogen-bond donors (Lipinski definition) is 2. The zero-order chi connectivity index (χ0) is 27.5. The summed E-state index contributed by atoms with van der Waals surface area (Å²) in [6.07, 6.45) is 3.80. The number of benzene rings is 2. The van der Waals surface area contributed by atoms with Gasteiger partial charge in [0.15, 0.2) is 0 Å². The van der Waals surface area contributed by atoms with E-state index in [1.54, 1.807) is 6.20 Å². The molecule has 0 saturated carbocycles. The van der Waals surface area contributed by atoms with Gasteiger partial charge in [-0.3, -0.25) is 24.3 Å². The summed E-state index contributed by atoms with van der Waals surface area (Å²) in [7, 11) is 0. The predicted octanol–water partition coefficient (Wildman–Crippen LogP) is 3.16. The third kappa shape index (κ3) is 3.76. The zero-order valence-corrected chi connectivity index (χ0v) is 22.2. The van der Waals surface area contributed by atoms with Crippen LogP contribution in [-0.4, -0.2) is 58.7 Å². The fourth-order valence-corrected chi connectivity index (χ4v) is 6.56. The SMILES string of the molecule is Cc1ccccc1C1=NC2(CCOCC2)C(=O)N1CC(=O)Nc1ccc2c(c1)C[C@@]1(C2)C(=O)Nc2ncccc21. The summed E-state index contributed by atoms with van der Waals surface area (Å²) in [5.74, 6) is 0.660. The Balaban J connectivity index is 1.12. The van der Waals surface area contributed by atoms with Gasteiger partial charge in [0.05, 0.1) is 5.41 Å². The van der Waals surface area contributed by atoms with Gasteiger partial charge in [-0.1, -0.05) is 36.4 Å². The third-order valence-electron chi connectivity index (χ3n) is 8.69. The Morgan fingerprint density at radius 2 is 1.85 bits per heavy atom. The second-order valence-electron chi connectivity index (χ2n) is 11.1. The first-order chi connectivity index (χ1) is 19.4. The first kappa shape index (κ1) is 24.7. The van der Waals surface area contributed by atoms with E-state index in [2.05, 4.69) is 15.6 Å². The van der Waals surface area contributed by atoms with Crippen LogP contribution in [0.4, 0.5) is 11.5 Å². The van der Waals surface area contributed by atoms with Crippen LogP contribution in [0.25, 0.3) is 0 Å². The highest BCUT2D eigenvalue weighted by atomic mass is 16.5. The molecule has 7 rings (SSSR count). The number of amides is 3. The average Bonchev–Trinajstić information content (AvgIpc) is 3.56. The lowest BCUT2D eigenvalue weighted by atomic mass is 9.79. The van der Waals surface area contributed by atoms with Crippen LogP contribution >= 0.6 is 0 Å². The van der Waals surface area contributed by atoms with Gasteiger partial charge in [0.25, 0.3) is 5.91 Å². The van der Waals surface area contributed by atoms with Crippen LogP contribution in [-0.2, 0) is 37.4 Å². The van der Waals surface area contributed by atoms with Gasteiger partial charge < -0.3 is 15.4 Å². The van der Waals surface area contributed by atoms with Crippen molar-refractivity contribution >= 4 is 35.1 Å². The molecule has 0 radical (unpaired) electrons. The second kappa shape index (κ2) is 9.09. The molecule has 1 atom stereocenters. The summed E-state index contributed by atoms with van der Waals surface area (Å²) >= 11 is 0. The quantitative estimate of drug-likeness (QED) is 0.533. The van der Waals surface area contributed by atoms with Gasteiger partial charge >= 0.3 is 0 Å². The summed E-state index contributed by atoms with van der Waals surface area (Å²) in [5, 5.41) is 5.91. The number of nitrogens with zero attached hydrogens (tertiary/aromatic N) is 3. The Kier molecular flexibility index (Phi) is 5.60. The number of anilines is 2. The number of aryl methyl sites for hydroxylation is 1. The van der Waals surface area contributed by atoms with Gasteiger partial charge in [-0.15, -0.1) is 0 Å². The minimum Gasteiger partial charge on any atom is -0.381 e. The van der Waals surface area contributed by atoms with Gasteiger partial charge in [-0.25, -0.2) is 4.98 Å². The lowest BCUT2D eigenvalue weighted by Crippen LogP contribution is -2.48. The standard InChI is InChI=1S/C31H29N5O4/c1-19-5-2-3-6-23(19)27-35-31(10-13-40-14-11-31)29(39)36(27)18-25(37)33-22-9-8-20-16-30(17-21(20)15-22)24-7-4-12-32-26(24)34-28(30)38/h2-9,12,15H,10-11,13-14,16-18H2,1H3,(H,33,37)(H,32,34,38)/t30-/m1/s1. The van der Waals surface area contributed by atoms with Crippen molar-refractivity contribution in [3.05, 3.63) is 88.6 Å². The van der Waals surface area contributed by atoms with E-state index in [-0.39, 0.29) is 24.3 Å². The highest BCUT2D eigenvalue weighted by Gasteiger charge is 2.52.